The van der Waals surface area contributed by atoms with E-state index in [1.165, 1.54) is 11.8 Å². The van der Waals surface area contributed by atoms with Crippen molar-refractivity contribution in [3.63, 3.8) is 0 Å². The molecule has 0 radical (unpaired) electrons. The number of rotatable bonds is 5. The molecular weight excluding hydrogens is 224 g/mol. The van der Waals surface area contributed by atoms with Crippen molar-refractivity contribution < 1.29 is 14.6 Å². The lowest BCUT2D eigenvalue weighted by Crippen LogP contribution is -2.22. The predicted molar refractivity (Wildman–Crippen MR) is 65.1 cm³/mol. The van der Waals surface area contributed by atoms with E-state index in [1.54, 1.807) is 7.11 Å². The predicted octanol–water partition coefficient (Wildman–Crippen LogP) is 2.90. The summed E-state index contributed by atoms with van der Waals surface area (Å²) >= 11 is 1.37. The van der Waals surface area contributed by atoms with Gasteiger partial charge in [0.25, 0.3) is 0 Å². The van der Waals surface area contributed by atoms with Crippen LogP contribution in [0, 0.1) is 5.92 Å². The smallest absolute Gasteiger partial charge is 0.317 e. The monoisotopic (exact) mass is 240 g/mol. The number of methoxy groups -OCH3 is 1. The molecule has 1 aromatic carbocycles. The second-order valence-electron chi connectivity index (χ2n) is 3.80. The van der Waals surface area contributed by atoms with Gasteiger partial charge in [0, 0.05) is 4.90 Å². The number of carbonyl (C=O) groups is 1. The SMILES string of the molecule is COc1ccc(SC(C(=O)O)C(C)C)cc1. The maximum atomic E-state index is 11.0. The Morgan fingerprint density at radius 1 is 1.31 bits per heavy atom. The van der Waals surface area contributed by atoms with E-state index in [-0.39, 0.29) is 5.92 Å². The van der Waals surface area contributed by atoms with Crippen LogP contribution < -0.4 is 4.74 Å². The van der Waals surface area contributed by atoms with Gasteiger partial charge in [0.15, 0.2) is 0 Å². The van der Waals surface area contributed by atoms with Crippen LogP contribution in [0.3, 0.4) is 0 Å². The molecule has 0 aliphatic carbocycles. The van der Waals surface area contributed by atoms with Crippen molar-refractivity contribution in [3.05, 3.63) is 24.3 Å². The molecule has 1 rings (SSSR count). The molecule has 0 aliphatic heterocycles. The van der Waals surface area contributed by atoms with Crippen LogP contribution in [0.2, 0.25) is 0 Å². The fourth-order valence-electron chi connectivity index (χ4n) is 1.27. The number of ether oxygens (including phenoxy) is 1. The van der Waals surface area contributed by atoms with E-state index >= 15 is 0 Å². The van der Waals surface area contributed by atoms with Crippen LogP contribution in [0.5, 0.6) is 5.75 Å². The first-order valence-electron chi connectivity index (χ1n) is 5.08. The molecule has 0 spiro atoms. The number of carboxylic acid groups (broad SMARTS) is 1. The molecule has 0 bridgehead atoms. The van der Waals surface area contributed by atoms with Crippen LogP contribution in [0.25, 0.3) is 0 Å². The average Bonchev–Trinajstić information content (AvgIpc) is 2.25. The quantitative estimate of drug-likeness (QED) is 0.804. The molecule has 0 saturated carbocycles. The van der Waals surface area contributed by atoms with Gasteiger partial charge in [-0.25, -0.2) is 0 Å². The standard InChI is InChI=1S/C12H16O3S/c1-8(2)11(12(13)14)16-10-6-4-9(15-3)5-7-10/h4-8,11H,1-3H3,(H,13,14). The first kappa shape index (κ1) is 12.9. The third-order valence-corrected chi connectivity index (χ3v) is 3.72. The summed E-state index contributed by atoms with van der Waals surface area (Å²) in [5.41, 5.74) is 0. The molecule has 1 atom stereocenters. The largest absolute Gasteiger partial charge is 0.497 e. The highest BCUT2D eigenvalue weighted by Gasteiger charge is 2.22. The molecule has 4 heteroatoms. The van der Waals surface area contributed by atoms with Gasteiger partial charge in [0.05, 0.1) is 7.11 Å². The Labute approximate surface area is 99.8 Å². The summed E-state index contributed by atoms with van der Waals surface area (Å²) in [5, 5.41) is 8.65. The molecule has 3 nitrogen and oxygen atoms in total. The fraction of sp³-hybridized carbons (Fsp3) is 0.417. The summed E-state index contributed by atoms with van der Waals surface area (Å²) in [4.78, 5) is 12.0. The molecule has 0 amide bonds. The molecule has 0 fully saturated rings. The Kier molecular flexibility index (Phi) is 4.68. The summed E-state index contributed by atoms with van der Waals surface area (Å²) < 4.78 is 5.04. The summed E-state index contributed by atoms with van der Waals surface area (Å²) in [7, 11) is 1.61. The van der Waals surface area contributed by atoms with Gasteiger partial charge in [-0.1, -0.05) is 13.8 Å². The van der Waals surface area contributed by atoms with Crippen molar-refractivity contribution in [2.75, 3.05) is 7.11 Å². The Morgan fingerprint density at radius 3 is 2.25 bits per heavy atom. The number of carboxylic acids is 1. The average molecular weight is 240 g/mol. The van der Waals surface area contributed by atoms with Gasteiger partial charge in [-0.3, -0.25) is 4.79 Å². The van der Waals surface area contributed by atoms with Crippen LogP contribution in [0.15, 0.2) is 29.2 Å². The Balaban J connectivity index is 2.74. The van der Waals surface area contributed by atoms with E-state index in [2.05, 4.69) is 0 Å². The third kappa shape index (κ3) is 3.45. The number of thioether (sulfide) groups is 1. The van der Waals surface area contributed by atoms with Crippen LogP contribution >= 0.6 is 11.8 Å². The maximum absolute atomic E-state index is 11.0. The molecule has 0 aromatic heterocycles. The zero-order valence-corrected chi connectivity index (χ0v) is 10.5. The Bertz CT molecular complexity index is 346. The molecule has 1 unspecified atom stereocenters. The summed E-state index contributed by atoms with van der Waals surface area (Å²) in [6, 6.07) is 7.42. The van der Waals surface area contributed by atoms with Crippen LogP contribution in [-0.2, 0) is 4.79 Å². The lowest BCUT2D eigenvalue weighted by Gasteiger charge is -2.15. The van der Waals surface area contributed by atoms with Gasteiger partial charge < -0.3 is 9.84 Å². The normalized spacial score (nSPS) is 12.5. The minimum atomic E-state index is -0.768. The van der Waals surface area contributed by atoms with Crippen LogP contribution in [0.1, 0.15) is 13.8 Å². The van der Waals surface area contributed by atoms with Gasteiger partial charge in [-0.15, -0.1) is 11.8 Å². The molecule has 1 aromatic rings. The molecule has 1 N–H and O–H groups in total. The van der Waals surface area contributed by atoms with Crippen molar-refractivity contribution in [2.45, 2.75) is 24.0 Å². The number of hydrogen-bond acceptors (Lipinski definition) is 3. The summed E-state index contributed by atoms with van der Waals surface area (Å²) in [6.45, 7) is 3.82. The zero-order valence-electron chi connectivity index (χ0n) is 9.64. The first-order valence-corrected chi connectivity index (χ1v) is 5.96. The molecular formula is C12H16O3S. The minimum absolute atomic E-state index is 0.101. The zero-order chi connectivity index (χ0) is 12.1. The molecule has 16 heavy (non-hydrogen) atoms. The maximum Gasteiger partial charge on any atom is 0.317 e. The van der Waals surface area contributed by atoms with Crippen molar-refractivity contribution in [3.8, 4) is 5.75 Å². The lowest BCUT2D eigenvalue weighted by molar-refractivity contribution is -0.137. The summed E-state index contributed by atoms with van der Waals surface area (Å²) in [5.74, 6) is 0.112. The third-order valence-electron chi connectivity index (χ3n) is 2.17. The fourth-order valence-corrected chi connectivity index (χ4v) is 2.23. The lowest BCUT2D eigenvalue weighted by atomic mass is 10.1. The second-order valence-corrected chi connectivity index (χ2v) is 5.01. The van der Waals surface area contributed by atoms with Gasteiger partial charge in [0.2, 0.25) is 0 Å². The Hall–Kier alpha value is -1.16. The molecule has 88 valence electrons. The van der Waals surface area contributed by atoms with E-state index in [0.29, 0.717) is 0 Å². The van der Waals surface area contributed by atoms with Crippen LogP contribution in [0.4, 0.5) is 0 Å². The Morgan fingerprint density at radius 2 is 1.88 bits per heavy atom. The highest BCUT2D eigenvalue weighted by atomic mass is 32.2. The summed E-state index contributed by atoms with van der Waals surface area (Å²) in [6.07, 6.45) is 0. The molecule has 0 heterocycles. The van der Waals surface area contributed by atoms with Crippen molar-refractivity contribution >= 4 is 17.7 Å². The van der Waals surface area contributed by atoms with Crippen LogP contribution in [-0.4, -0.2) is 23.4 Å². The van der Waals surface area contributed by atoms with E-state index in [9.17, 15) is 4.79 Å². The van der Waals surface area contributed by atoms with Gasteiger partial charge in [-0.2, -0.15) is 0 Å². The highest BCUT2D eigenvalue weighted by Crippen LogP contribution is 2.29. The van der Waals surface area contributed by atoms with Gasteiger partial charge >= 0.3 is 5.97 Å². The second kappa shape index (κ2) is 5.80. The number of hydrogen-bond donors (Lipinski definition) is 1. The van der Waals surface area contributed by atoms with Gasteiger partial charge in [0.1, 0.15) is 11.0 Å². The first-order chi connectivity index (χ1) is 7.54. The van der Waals surface area contributed by atoms with E-state index in [0.717, 1.165) is 10.6 Å². The number of benzene rings is 1. The highest BCUT2D eigenvalue weighted by molar-refractivity contribution is 8.00. The van der Waals surface area contributed by atoms with E-state index in [1.807, 2.05) is 38.1 Å². The topological polar surface area (TPSA) is 46.5 Å². The van der Waals surface area contributed by atoms with Crippen molar-refractivity contribution in [2.24, 2.45) is 5.92 Å². The van der Waals surface area contributed by atoms with Gasteiger partial charge in [-0.05, 0) is 30.2 Å². The number of aliphatic carboxylic acids is 1. The van der Waals surface area contributed by atoms with E-state index in [4.69, 9.17) is 9.84 Å². The van der Waals surface area contributed by atoms with Crippen molar-refractivity contribution in [1.82, 2.24) is 0 Å². The molecule has 0 aliphatic rings. The minimum Gasteiger partial charge on any atom is -0.497 e. The van der Waals surface area contributed by atoms with Crippen molar-refractivity contribution in [1.29, 1.82) is 0 Å². The van der Waals surface area contributed by atoms with E-state index < -0.39 is 11.2 Å². The molecule has 0 saturated heterocycles.